The number of nitrogens with two attached hydrogens (primary N) is 1. The molecule has 2 N–H and O–H groups in total. The van der Waals surface area contributed by atoms with E-state index in [4.69, 9.17) is 10.5 Å². The summed E-state index contributed by atoms with van der Waals surface area (Å²) in [6.07, 6.45) is 2.97. The molecule has 0 bridgehead atoms. The number of amides is 2. The van der Waals surface area contributed by atoms with Crippen LogP contribution >= 0.6 is 0 Å². The molecular formula is C34H44N4O5S. The number of ether oxygens (including phenoxy) is 1. The Labute approximate surface area is 261 Å². The second-order valence-corrected chi connectivity index (χ2v) is 13.4. The first kappa shape index (κ1) is 33.2. The summed E-state index contributed by atoms with van der Waals surface area (Å²) in [5.74, 6) is -0.478. The first-order valence-corrected chi connectivity index (χ1v) is 16.7. The van der Waals surface area contributed by atoms with E-state index >= 15 is 0 Å². The fourth-order valence-corrected chi connectivity index (χ4v) is 7.01. The van der Waals surface area contributed by atoms with Crippen LogP contribution in [-0.2, 0) is 21.4 Å². The van der Waals surface area contributed by atoms with Gasteiger partial charge < -0.3 is 20.3 Å². The molecule has 10 heteroatoms. The Morgan fingerprint density at radius 1 is 0.977 bits per heavy atom. The number of piperidine rings is 1. The van der Waals surface area contributed by atoms with Crippen LogP contribution in [-0.4, -0.2) is 80.3 Å². The van der Waals surface area contributed by atoms with Crippen molar-refractivity contribution >= 4 is 22.0 Å². The Bertz CT molecular complexity index is 1460. The van der Waals surface area contributed by atoms with Crippen LogP contribution in [0.4, 0.5) is 4.79 Å². The molecule has 0 saturated carbocycles. The Morgan fingerprint density at radius 2 is 1.64 bits per heavy atom. The molecule has 0 radical (unpaired) electrons. The molecular weight excluding hydrogens is 576 g/mol. The number of benzene rings is 3. The molecule has 0 unspecified atom stereocenters. The number of primary amides is 1. The smallest absolute Gasteiger partial charge is 0.410 e. The first-order valence-electron chi connectivity index (χ1n) is 15.3. The van der Waals surface area contributed by atoms with Crippen molar-refractivity contribution in [3.63, 3.8) is 0 Å². The minimum absolute atomic E-state index is 0.0389. The molecule has 0 aliphatic carbocycles. The molecule has 1 fully saturated rings. The Morgan fingerprint density at radius 3 is 2.27 bits per heavy atom. The van der Waals surface area contributed by atoms with Crippen molar-refractivity contribution in [1.82, 2.24) is 14.1 Å². The van der Waals surface area contributed by atoms with Crippen molar-refractivity contribution in [1.29, 1.82) is 0 Å². The van der Waals surface area contributed by atoms with E-state index in [0.717, 1.165) is 56.4 Å². The van der Waals surface area contributed by atoms with Crippen molar-refractivity contribution in [2.45, 2.75) is 56.1 Å². The molecule has 3 aromatic carbocycles. The quantitative estimate of drug-likeness (QED) is 0.269. The monoisotopic (exact) mass is 620 g/mol. The number of rotatable bonds is 14. The lowest BCUT2D eigenvalue weighted by Gasteiger charge is -2.38. The molecule has 0 spiro atoms. The van der Waals surface area contributed by atoms with Gasteiger partial charge in [-0.2, -0.15) is 0 Å². The highest BCUT2D eigenvalue weighted by Gasteiger charge is 2.30. The third-order valence-corrected chi connectivity index (χ3v) is 10.1. The van der Waals surface area contributed by atoms with Crippen molar-refractivity contribution < 1.29 is 22.7 Å². The second kappa shape index (κ2) is 15.8. The van der Waals surface area contributed by atoms with Crippen molar-refractivity contribution in [2.75, 3.05) is 39.8 Å². The summed E-state index contributed by atoms with van der Waals surface area (Å²) in [5, 5.41) is 0. The summed E-state index contributed by atoms with van der Waals surface area (Å²) in [6, 6.07) is 25.6. The summed E-state index contributed by atoms with van der Waals surface area (Å²) < 4.78 is 33.6. The van der Waals surface area contributed by atoms with E-state index in [1.165, 1.54) is 4.31 Å². The third kappa shape index (κ3) is 8.90. The highest BCUT2D eigenvalue weighted by Crippen LogP contribution is 2.26. The molecule has 9 nitrogen and oxygen atoms in total. The fraction of sp³-hybridized carbons (Fsp3) is 0.412. The topological polar surface area (TPSA) is 113 Å². The molecule has 236 valence electrons. The summed E-state index contributed by atoms with van der Waals surface area (Å²) in [6.45, 7) is 5.65. The molecule has 1 aliphatic rings. The first-order chi connectivity index (χ1) is 21.2. The van der Waals surface area contributed by atoms with E-state index in [2.05, 4.69) is 17.0 Å². The number of carbonyl (C=O) groups excluding carboxylic acids is 2. The summed E-state index contributed by atoms with van der Waals surface area (Å²) in [4.78, 5) is 29.1. The van der Waals surface area contributed by atoms with Crippen LogP contribution in [0.3, 0.4) is 0 Å². The van der Waals surface area contributed by atoms with Gasteiger partial charge >= 0.3 is 6.09 Å². The van der Waals surface area contributed by atoms with Crippen LogP contribution in [0.5, 0.6) is 0 Å². The molecule has 44 heavy (non-hydrogen) atoms. The number of likely N-dealkylation sites (N-methyl/N-ethyl adjacent to an activating group) is 1. The van der Waals surface area contributed by atoms with Gasteiger partial charge in [0.2, 0.25) is 15.9 Å². The number of carbonyl (C=O) groups is 2. The average molecular weight is 621 g/mol. The Kier molecular flexibility index (Phi) is 11.9. The zero-order chi connectivity index (χ0) is 31.5. The van der Waals surface area contributed by atoms with E-state index in [1.54, 1.807) is 55.6 Å². The maximum atomic E-state index is 13.2. The number of hydrogen-bond donors (Lipinski definition) is 1. The molecule has 3 aromatic rings. The van der Waals surface area contributed by atoms with Crippen LogP contribution in [0.2, 0.25) is 0 Å². The van der Waals surface area contributed by atoms with Gasteiger partial charge in [-0.15, -0.1) is 0 Å². The molecule has 1 heterocycles. The SMILES string of the molecule is CCCN(C(=O)OCc1cccc(C(N)=O)c1)C1CCN(CC[C@H](CN(C)S(=O)(=O)c2ccccc2)c2ccccc2)CC1. The van der Waals surface area contributed by atoms with Crippen LogP contribution < -0.4 is 5.73 Å². The zero-order valence-electron chi connectivity index (χ0n) is 25.7. The fourth-order valence-electron chi connectivity index (χ4n) is 5.77. The normalized spacial score (nSPS) is 15.2. The van der Waals surface area contributed by atoms with Gasteiger partial charge in [0.25, 0.3) is 0 Å². The van der Waals surface area contributed by atoms with Crippen molar-refractivity contribution in [3.8, 4) is 0 Å². The minimum atomic E-state index is -3.59. The van der Waals surface area contributed by atoms with Gasteiger partial charge in [0, 0.05) is 44.8 Å². The van der Waals surface area contributed by atoms with Gasteiger partial charge in [-0.3, -0.25) is 4.79 Å². The second-order valence-electron chi connectivity index (χ2n) is 11.4. The molecule has 2 amide bonds. The lowest BCUT2D eigenvalue weighted by molar-refractivity contribution is 0.0601. The maximum absolute atomic E-state index is 13.2. The van der Waals surface area contributed by atoms with Crippen LogP contribution in [0.1, 0.15) is 60.0 Å². The largest absolute Gasteiger partial charge is 0.445 e. The van der Waals surface area contributed by atoms with Gasteiger partial charge in [0.05, 0.1) is 4.90 Å². The van der Waals surface area contributed by atoms with Gasteiger partial charge in [0.1, 0.15) is 6.61 Å². The third-order valence-electron chi connectivity index (χ3n) is 8.26. The lowest BCUT2D eigenvalue weighted by atomic mass is 9.94. The number of hydrogen-bond acceptors (Lipinski definition) is 6. The molecule has 1 atom stereocenters. The maximum Gasteiger partial charge on any atom is 0.410 e. The number of likely N-dealkylation sites (tertiary alicyclic amines) is 1. The highest BCUT2D eigenvalue weighted by molar-refractivity contribution is 7.89. The summed E-state index contributed by atoms with van der Waals surface area (Å²) in [7, 11) is -1.94. The van der Waals surface area contributed by atoms with Gasteiger partial charge in [-0.05, 0) is 73.5 Å². The van der Waals surface area contributed by atoms with Crippen molar-refractivity contribution in [3.05, 3.63) is 102 Å². The lowest BCUT2D eigenvalue weighted by Crippen LogP contribution is -2.48. The Balaban J connectivity index is 1.33. The summed E-state index contributed by atoms with van der Waals surface area (Å²) >= 11 is 0. The van der Waals surface area contributed by atoms with Gasteiger partial charge in [-0.25, -0.2) is 17.5 Å². The molecule has 0 aromatic heterocycles. The molecule has 4 rings (SSSR count). The standard InChI is InChI=1S/C34H44N4O5S/c1-3-20-38(34(40)43-26-27-11-10-14-29(24-27)33(35)39)31-18-22-37(23-19-31)21-17-30(28-12-6-4-7-13-28)25-36(2)44(41,42)32-15-8-5-9-16-32/h4-16,24,30-31H,3,17-23,25-26H2,1-2H3,(H2,35,39)/t30-/m1/s1. The highest BCUT2D eigenvalue weighted by atomic mass is 32.2. The van der Waals surface area contributed by atoms with Gasteiger partial charge in [-0.1, -0.05) is 67.6 Å². The van der Waals surface area contributed by atoms with Crippen LogP contribution in [0.15, 0.2) is 89.8 Å². The van der Waals surface area contributed by atoms with Crippen LogP contribution in [0, 0.1) is 0 Å². The van der Waals surface area contributed by atoms with Crippen molar-refractivity contribution in [2.24, 2.45) is 5.73 Å². The van der Waals surface area contributed by atoms with E-state index in [9.17, 15) is 18.0 Å². The molecule has 1 saturated heterocycles. The zero-order valence-corrected chi connectivity index (χ0v) is 26.5. The molecule has 1 aliphatic heterocycles. The van der Waals surface area contributed by atoms with E-state index in [1.807, 2.05) is 36.1 Å². The predicted molar refractivity (Wildman–Crippen MR) is 172 cm³/mol. The predicted octanol–water partition coefficient (Wildman–Crippen LogP) is 5.09. The minimum Gasteiger partial charge on any atom is -0.445 e. The van der Waals surface area contributed by atoms with E-state index < -0.39 is 15.9 Å². The van der Waals surface area contributed by atoms with Gasteiger partial charge in [0.15, 0.2) is 0 Å². The number of nitrogens with zero attached hydrogens (tertiary/aromatic N) is 3. The van der Waals surface area contributed by atoms with E-state index in [0.29, 0.717) is 23.5 Å². The van der Waals surface area contributed by atoms with Crippen LogP contribution in [0.25, 0.3) is 0 Å². The Hall–Kier alpha value is -3.73. The average Bonchev–Trinajstić information content (AvgIpc) is 3.05. The van der Waals surface area contributed by atoms with E-state index in [-0.39, 0.29) is 24.7 Å². The summed E-state index contributed by atoms with van der Waals surface area (Å²) in [5.41, 5.74) is 7.60. The number of sulfonamides is 1.